The average Bonchev–Trinajstić information content (AvgIpc) is 3.20. The van der Waals surface area contributed by atoms with Crippen molar-refractivity contribution in [3.8, 4) is 5.75 Å². The molecule has 0 amide bonds. The minimum absolute atomic E-state index is 0.00386. The van der Waals surface area contributed by atoms with Crippen molar-refractivity contribution in [2.75, 3.05) is 4.90 Å². The van der Waals surface area contributed by atoms with Gasteiger partial charge in [0.25, 0.3) is 0 Å². The average molecular weight is 421 g/mol. The van der Waals surface area contributed by atoms with E-state index in [9.17, 15) is 0 Å². The Kier molecular flexibility index (Phi) is 5.52. The maximum atomic E-state index is 5.82. The second-order valence-electron chi connectivity index (χ2n) is 8.04. The Hall–Kier alpha value is -2.86. The lowest BCUT2D eigenvalue weighted by molar-refractivity contribution is 0.242. The van der Waals surface area contributed by atoms with E-state index in [1.165, 1.54) is 17.0 Å². The molecule has 2 atom stereocenters. The number of hydrogen-bond donors (Lipinski definition) is 1. The molecule has 6 heteroatoms. The second-order valence-corrected chi connectivity index (χ2v) is 8.43. The van der Waals surface area contributed by atoms with E-state index < -0.39 is 0 Å². The van der Waals surface area contributed by atoms with E-state index in [0.717, 1.165) is 17.1 Å². The highest BCUT2D eigenvalue weighted by molar-refractivity contribution is 7.80. The summed E-state index contributed by atoms with van der Waals surface area (Å²) in [6.45, 7) is 8.36. The maximum absolute atomic E-state index is 5.82. The molecule has 1 fully saturated rings. The van der Waals surface area contributed by atoms with Gasteiger partial charge in [-0.15, -0.1) is 0 Å². The standard InChI is InChI=1S/C24H28N4OS/c1-15(2)29-19-11-9-18(10-12-19)28-23(20-14-16(3)27(5)17(20)4)22(26-24(28)30)21-8-6-7-13-25-21/h6-15,22-23H,1-5H3,(H,26,30). The number of nitrogens with zero attached hydrogens (tertiary/aromatic N) is 3. The second kappa shape index (κ2) is 8.11. The van der Waals surface area contributed by atoms with E-state index in [0.29, 0.717) is 5.11 Å². The number of ether oxygens (including phenoxy) is 1. The summed E-state index contributed by atoms with van der Waals surface area (Å²) in [4.78, 5) is 6.83. The van der Waals surface area contributed by atoms with Crippen molar-refractivity contribution in [2.24, 2.45) is 7.05 Å². The first kappa shape index (κ1) is 20.4. The van der Waals surface area contributed by atoms with Crippen molar-refractivity contribution in [2.45, 2.75) is 45.9 Å². The van der Waals surface area contributed by atoms with Crippen LogP contribution in [-0.2, 0) is 7.05 Å². The Morgan fingerprint density at radius 1 is 1.10 bits per heavy atom. The molecule has 5 nitrogen and oxygen atoms in total. The van der Waals surface area contributed by atoms with Gasteiger partial charge >= 0.3 is 0 Å². The van der Waals surface area contributed by atoms with Crippen molar-refractivity contribution in [3.63, 3.8) is 0 Å². The minimum atomic E-state index is -0.0363. The Bertz CT molecular complexity index is 1040. The third-order valence-corrected chi connectivity index (χ3v) is 6.03. The van der Waals surface area contributed by atoms with E-state index in [1.54, 1.807) is 0 Å². The highest BCUT2D eigenvalue weighted by atomic mass is 32.1. The van der Waals surface area contributed by atoms with Gasteiger partial charge < -0.3 is 19.5 Å². The van der Waals surface area contributed by atoms with Crippen LogP contribution in [0.25, 0.3) is 0 Å². The van der Waals surface area contributed by atoms with E-state index in [2.05, 4.69) is 64.9 Å². The van der Waals surface area contributed by atoms with Crippen molar-refractivity contribution in [1.29, 1.82) is 0 Å². The van der Waals surface area contributed by atoms with Gasteiger partial charge in [-0.2, -0.15) is 0 Å². The molecule has 0 bridgehead atoms. The normalized spacial score (nSPS) is 18.7. The number of nitrogens with one attached hydrogen (secondary N) is 1. The number of thiocarbonyl (C=S) groups is 1. The molecule has 156 valence electrons. The third-order valence-electron chi connectivity index (χ3n) is 5.72. The Morgan fingerprint density at radius 3 is 2.40 bits per heavy atom. The molecule has 30 heavy (non-hydrogen) atoms. The van der Waals surface area contributed by atoms with Gasteiger partial charge in [0.05, 0.1) is 23.9 Å². The Morgan fingerprint density at radius 2 is 1.83 bits per heavy atom. The molecule has 1 N–H and O–H groups in total. The first-order valence-corrected chi connectivity index (χ1v) is 10.7. The van der Waals surface area contributed by atoms with Gasteiger partial charge in [0.2, 0.25) is 0 Å². The summed E-state index contributed by atoms with van der Waals surface area (Å²) in [6.07, 6.45) is 1.97. The number of anilines is 1. The van der Waals surface area contributed by atoms with E-state index in [-0.39, 0.29) is 18.2 Å². The molecule has 4 rings (SSSR count). The quantitative estimate of drug-likeness (QED) is 0.588. The zero-order valence-electron chi connectivity index (χ0n) is 18.1. The van der Waals surface area contributed by atoms with Crippen molar-refractivity contribution in [3.05, 3.63) is 77.4 Å². The van der Waals surface area contributed by atoms with Gasteiger partial charge in [-0.05, 0) is 87.9 Å². The number of aryl methyl sites for hydroxylation is 1. The van der Waals surface area contributed by atoms with Crippen LogP contribution >= 0.6 is 12.2 Å². The lowest BCUT2D eigenvalue weighted by atomic mass is 9.96. The lowest BCUT2D eigenvalue weighted by Gasteiger charge is -2.28. The topological polar surface area (TPSA) is 42.3 Å². The first-order chi connectivity index (χ1) is 14.4. The molecule has 2 unspecified atom stereocenters. The van der Waals surface area contributed by atoms with Gasteiger partial charge in [0.1, 0.15) is 5.75 Å². The summed E-state index contributed by atoms with van der Waals surface area (Å²) in [5.41, 5.74) is 5.72. The summed E-state index contributed by atoms with van der Waals surface area (Å²) in [5, 5.41) is 4.23. The highest BCUT2D eigenvalue weighted by Gasteiger charge is 2.42. The summed E-state index contributed by atoms with van der Waals surface area (Å²) in [7, 11) is 2.10. The van der Waals surface area contributed by atoms with Crippen LogP contribution < -0.4 is 15.0 Å². The number of pyridine rings is 1. The number of aromatic nitrogens is 2. The fourth-order valence-corrected chi connectivity index (χ4v) is 4.44. The fraction of sp³-hybridized carbons (Fsp3) is 0.333. The summed E-state index contributed by atoms with van der Waals surface area (Å²) < 4.78 is 8.04. The molecule has 1 aliphatic rings. The minimum Gasteiger partial charge on any atom is -0.491 e. The van der Waals surface area contributed by atoms with Gasteiger partial charge in [-0.3, -0.25) is 4.98 Å². The van der Waals surface area contributed by atoms with Crippen LogP contribution in [0.4, 0.5) is 5.69 Å². The molecule has 0 saturated carbocycles. The molecule has 0 spiro atoms. The lowest BCUT2D eigenvalue weighted by Crippen LogP contribution is -2.29. The Balaban J connectivity index is 1.79. The van der Waals surface area contributed by atoms with Gasteiger partial charge in [0.15, 0.2) is 5.11 Å². The van der Waals surface area contributed by atoms with Crippen LogP contribution in [-0.4, -0.2) is 20.8 Å². The number of benzene rings is 1. The van der Waals surface area contributed by atoms with Crippen LogP contribution in [0.5, 0.6) is 5.75 Å². The van der Waals surface area contributed by atoms with Crippen LogP contribution in [0.15, 0.2) is 54.7 Å². The smallest absolute Gasteiger partial charge is 0.174 e. The molecular formula is C24H28N4OS. The molecule has 1 saturated heterocycles. The number of hydrogen-bond acceptors (Lipinski definition) is 3. The molecule has 2 aromatic heterocycles. The van der Waals surface area contributed by atoms with E-state index in [1.807, 2.05) is 44.3 Å². The molecule has 3 heterocycles. The zero-order chi connectivity index (χ0) is 21.4. The monoisotopic (exact) mass is 420 g/mol. The summed E-state index contributed by atoms with van der Waals surface area (Å²) in [5.74, 6) is 0.858. The first-order valence-electron chi connectivity index (χ1n) is 10.3. The van der Waals surface area contributed by atoms with Crippen LogP contribution in [0.3, 0.4) is 0 Å². The van der Waals surface area contributed by atoms with Crippen LogP contribution in [0.2, 0.25) is 0 Å². The van der Waals surface area contributed by atoms with E-state index >= 15 is 0 Å². The van der Waals surface area contributed by atoms with Crippen molar-refractivity contribution in [1.82, 2.24) is 14.9 Å². The summed E-state index contributed by atoms with van der Waals surface area (Å²) >= 11 is 5.81. The van der Waals surface area contributed by atoms with Gasteiger partial charge in [-0.1, -0.05) is 6.07 Å². The number of rotatable bonds is 5. The summed E-state index contributed by atoms with van der Waals surface area (Å²) in [6, 6.07) is 16.4. The molecular weight excluding hydrogens is 392 g/mol. The van der Waals surface area contributed by atoms with Crippen molar-refractivity contribution >= 4 is 23.0 Å². The van der Waals surface area contributed by atoms with Crippen LogP contribution in [0, 0.1) is 13.8 Å². The highest BCUT2D eigenvalue weighted by Crippen LogP contribution is 2.43. The SMILES string of the molecule is Cc1cc(C2C(c3ccccn3)NC(=S)N2c2ccc(OC(C)C)cc2)c(C)n1C. The molecule has 0 aliphatic carbocycles. The largest absolute Gasteiger partial charge is 0.491 e. The predicted octanol–water partition coefficient (Wildman–Crippen LogP) is 5.00. The van der Waals surface area contributed by atoms with Gasteiger partial charge in [0, 0.05) is 30.3 Å². The Labute approximate surface area is 183 Å². The molecule has 0 radical (unpaired) electrons. The van der Waals surface area contributed by atoms with Gasteiger partial charge in [-0.25, -0.2) is 0 Å². The molecule has 1 aliphatic heterocycles. The fourth-order valence-electron chi connectivity index (χ4n) is 4.09. The third kappa shape index (κ3) is 3.67. The van der Waals surface area contributed by atoms with Crippen LogP contribution in [0.1, 0.15) is 48.6 Å². The molecule has 3 aromatic rings. The van der Waals surface area contributed by atoms with Crippen molar-refractivity contribution < 1.29 is 4.74 Å². The molecule has 1 aromatic carbocycles. The predicted molar refractivity (Wildman–Crippen MR) is 125 cm³/mol. The maximum Gasteiger partial charge on any atom is 0.174 e. The zero-order valence-corrected chi connectivity index (χ0v) is 18.9. The van der Waals surface area contributed by atoms with E-state index in [4.69, 9.17) is 17.0 Å².